The molecule has 0 bridgehead atoms. The van der Waals surface area contributed by atoms with Crippen molar-refractivity contribution in [2.24, 2.45) is 5.73 Å². The summed E-state index contributed by atoms with van der Waals surface area (Å²) in [5, 5.41) is 0. The number of benzene rings is 1. The molecule has 4 nitrogen and oxygen atoms in total. The first-order valence-corrected chi connectivity index (χ1v) is 7.44. The molecule has 1 aromatic carbocycles. The topological polar surface area (TPSA) is 55.6 Å². The zero-order chi connectivity index (χ0) is 14.0. The van der Waals surface area contributed by atoms with Crippen molar-refractivity contribution in [1.29, 1.82) is 0 Å². The van der Waals surface area contributed by atoms with Crippen molar-refractivity contribution in [3.8, 4) is 0 Å². The van der Waals surface area contributed by atoms with Crippen LogP contribution in [-0.4, -0.2) is 36.0 Å². The summed E-state index contributed by atoms with van der Waals surface area (Å²) in [6.07, 6.45) is 3.74. The summed E-state index contributed by atoms with van der Waals surface area (Å²) in [4.78, 5) is 14.5. The van der Waals surface area contributed by atoms with Crippen molar-refractivity contribution in [3.05, 3.63) is 35.9 Å². The maximum atomic E-state index is 12.6. The predicted octanol–water partition coefficient (Wildman–Crippen LogP) is 2.28. The van der Waals surface area contributed by atoms with Gasteiger partial charge in [0, 0.05) is 6.54 Å². The number of halogens is 1. The first-order valence-electron chi connectivity index (χ1n) is 7.44. The van der Waals surface area contributed by atoms with E-state index >= 15 is 0 Å². The summed E-state index contributed by atoms with van der Waals surface area (Å²) in [5.74, 6) is 0.110. The fraction of sp³-hybridized carbons (Fsp3) is 0.562. The SMILES string of the molecule is Cl.NC1(C(=O)N2CCOC(c3ccccc3)C2)CCCC1. The number of hydrogen-bond acceptors (Lipinski definition) is 3. The highest BCUT2D eigenvalue weighted by atomic mass is 35.5. The van der Waals surface area contributed by atoms with Crippen molar-refractivity contribution in [2.45, 2.75) is 37.3 Å². The van der Waals surface area contributed by atoms with Gasteiger partial charge in [-0.1, -0.05) is 43.2 Å². The molecule has 1 saturated carbocycles. The van der Waals surface area contributed by atoms with E-state index in [2.05, 4.69) is 0 Å². The molecule has 1 aliphatic heterocycles. The number of ether oxygens (including phenoxy) is 1. The summed E-state index contributed by atoms with van der Waals surface area (Å²) >= 11 is 0. The third-order valence-corrected chi connectivity index (χ3v) is 4.45. The van der Waals surface area contributed by atoms with Crippen LogP contribution in [0.5, 0.6) is 0 Å². The van der Waals surface area contributed by atoms with E-state index in [0.29, 0.717) is 19.7 Å². The molecule has 2 aliphatic rings. The van der Waals surface area contributed by atoms with Crippen molar-refractivity contribution in [3.63, 3.8) is 0 Å². The van der Waals surface area contributed by atoms with Gasteiger partial charge in [-0.05, 0) is 18.4 Å². The highest BCUT2D eigenvalue weighted by Gasteiger charge is 2.41. The normalized spacial score (nSPS) is 24.4. The molecule has 0 spiro atoms. The largest absolute Gasteiger partial charge is 0.370 e. The van der Waals surface area contributed by atoms with Crippen molar-refractivity contribution in [1.82, 2.24) is 4.90 Å². The van der Waals surface area contributed by atoms with Gasteiger partial charge in [0.05, 0.1) is 18.7 Å². The molecule has 1 atom stereocenters. The highest BCUT2D eigenvalue weighted by molar-refractivity contribution is 5.86. The van der Waals surface area contributed by atoms with E-state index in [0.717, 1.165) is 31.2 Å². The highest BCUT2D eigenvalue weighted by Crippen LogP contribution is 2.31. The number of nitrogens with zero attached hydrogens (tertiary/aromatic N) is 1. The van der Waals surface area contributed by atoms with Gasteiger partial charge in [0.1, 0.15) is 6.10 Å². The van der Waals surface area contributed by atoms with Gasteiger partial charge in [-0.3, -0.25) is 4.79 Å². The zero-order valence-electron chi connectivity index (χ0n) is 12.2. The van der Waals surface area contributed by atoms with Crippen LogP contribution in [0.4, 0.5) is 0 Å². The molecule has 1 aliphatic carbocycles. The summed E-state index contributed by atoms with van der Waals surface area (Å²) < 4.78 is 5.81. The predicted molar refractivity (Wildman–Crippen MR) is 84.3 cm³/mol. The molecule has 0 aromatic heterocycles. The van der Waals surface area contributed by atoms with Crippen LogP contribution in [0, 0.1) is 0 Å². The summed E-state index contributed by atoms with van der Waals surface area (Å²) in [6, 6.07) is 10.1. The van der Waals surface area contributed by atoms with Crippen LogP contribution in [0.2, 0.25) is 0 Å². The lowest BCUT2D eigenvalue weighted by Gasteiger charge is -2.37. The van der Waals surface area contributed by atoms with Gasteiger partial charge >= 0.3 is 0 Å². The lowest BCUT2D eigenvalue weighted by molar-refractivity contribution is -0.144. The van der Waals surface area contributed by atoms with E-state index in [1.807, 2.05) is 35.2 Å². The molecule has 1 aromatic rings. The lowest BCUT2D eigenvalue weighted by atomic mass is 9.96. The Hall–Kier alpha value is -1.10. The van der Waals surface area contributed by atoms with E-state index < -0.39 is 5.54 Å². The maximum absolute atomic E-state index is 12.6. The number of morpholine rings is 1. The second kappa shape index (κ2) is 6.77. The van der Waals surface area contributed by atoms with E-state index in [4.69, 9.17) is 10.5 Å². The molecule has 2 N–H and O–H groups in total. The minimum atomic E-state index is -0.626. The van der Waals surface area contributed by atoms with Gasteiger partial charge in [0.15, 0.2) is 0 Å². The number of hydrogen-bond donors (Lipinski definition) is 1. The van der Waals surface area contributed by atoms with Crippen LogP contribution < -0.4 is 5.73 Å². The Bertz CT molecular complexity index is 474. The third kappa shape index (κ3) is 3.39. The Morgan fingerprint density at radius 2 is 1.90 bits per heavy atom. The molecule has 2 fully saturated rings. The molecule has 21 heavy (non-hydrogen) atoms. The summed E-state index contributed by atoms with van der Waals surface area (Å²) in [6.45, 7) is 1.85. The minimum absolute atomic E-state index is 0. The first kappa shape index (κ1) is 16.3. The fourth-order valence-electron chi connectivity index (χ4n) is 3.24. The maximum Gasteiger partial charge on any atom is 0.242 e. The second-order valence-electron chi connectivity index (χ2n) is 5.88. The monoisotopic (exact) mass is 310 g/mol. The van der Waals surface area contributed by atoms with Gasteiger partial charge < -0.3 is 15.4 Å². The van der Waals surface area contributed by atoms with Crippen LogP contribution in [-0.2, 0) is 9.53 Å². The molecule has 5 heteroatoms. The Morgan fingerprint density at radius 3 is 2.57 bits per heavy atom. The molecule has 1 unspecified atom stereocenters. The number of rotatable bonds is 2. The molecule has 1 amide bonds. The van der Waals surface area contributed by atoms with Crippen molar-refractivity contribution in [2.75, 3.05) is 19.7 Å². The smallest absolute Gasteiger partial charge is 0.242 e. The van der Waals surface area contributed by atoms with Gasteiger partial charge in [0.25, 0.3) is 0 Å². The minimum Gasteiger partial charge on any atom is -0.370 e. The fourth-order valence-corrected chi connectivity index (χ4v) is 3.24. The number of carbonyl (C=O) groups excluding carboxylic acids is 1. The number of amides is 1. The van der Waals surface area contributed by atoms with Gasteiger partial charge in [-0.15, -0.1) is 12.4 Å². The van der Waals surface area contributed by atoms with Crippen LogP contribution in [0.1, 0.15) is 37.4 Å². The van der Waals surface area contributed by atoms with Crippen LogP contribution >= 0.6 is 12.4 Å². The van der Waals surface area contributed by atoms with Gasteiger partial charge in [0.2, 0.25) is 5.91 Å². The second-order valence-corrected chi connectivity index (χ2v) is 5.88. The van der Waals surface area contributed by atoms with Gasteiger partial charge in [-0.25, -0.2) is 0 Å². The standard InChI is InChI=1S/C16H22N2O2.ClH/c17-16(8-4-5-9-16)15(19)18-10-11-20-14(12-18)13-6-2-1-3-7-13;/h1-3,6-7,14H,4-5,8-12,17H2;1H. The van der Waals surface area contributed by atoms with Crippen LogP contribution in [0.15, 0.2) is 30.3 Å². The third-order valence-electron chi connectivity index (χ3n) is 4.45. The Labute approximate surface area is 132 Å². The quantitative estimate of drug-likeness (QED) is 0.912. The van der Waals surface area contributed by atoms with Crippen molar-refractivity contribution >= 4 is 18.3 Å². The van der Waals surface area contributed by atoms with E-state index in [-0.39, 0.29) is 24.4 Å². The molecule has 3 rings (SSSR count). The average Bonchev–Trinajstić information content (AvgIpc) is 2.96. The Morgan fingerprint density at radius 1 is 1.24 bits per heavy atom. The van der Waals surface area contributed by atoms with Crippen molar-refractivity contribution < 1.29 is 9.53 Å². The molecule has 1 saturated heterocycles. The zero-order valence-corrected chi connectivity index (χ0v) is 13.0. The van der Waals surface area contributed by atoms with E-state index in [9.17, 15) is 4.79 Å². The van der Waals surface area contributed by atoms with Gasteiger partial charge in [-0.2, -0.15) is 0 Å². The van der Waals surface area contributed by atoms with E-state index in [1.54, 1.807) is 0 Å². The molecular formula is C16H23ClN2O2. The summed E-state index contributed by atoms with van der Waals surface area (Å²) in [5.41, 5.74) is 6.79. The molecular weight excluding hydrogens is 288 g/mol. The van der Waals surface area contributed by atoms with Crippen LogP contribution in [0.3, 0.4) is 0 Å². The first-order chi connectivity index (χ1) is 9.69. The number of carbonyl (C=O) groups is 1. The molecule has 0 radical (unpaired) electrons. The lowest BCUT2D eigenvalue weighted by Crippen LogP contribution is -2.56. The molecule has 1 heterocycles. The number of nitrogens with two attached hydrogens (primary N) is 1. The Kier molecular flexibility index (Phi) is 5.25. The Balaban J connectivity index is 0.00000161. The average molecular weight is 311 g/mol. The molecule has 116 valence electrons. The van der Waals surface area contributed by atoms with Crippen LogP contribution in [0.25, 0.3) is 0 Å². The van der Waals surface area contributed by atoms with E-state index in [1.165, 1.54) is 0 Å². The summed E-state index contributed by atoms with van der Waals surface area (Å²) in [7, 11) is 0.